The highest BCUT2D eigenvalue weighted by Gasteiger charge is 2.16. The Kier molecular flexibility index (Phi) is 6.74. The molecule has 0 aliphatic heterocycles. The number of rotatable bonds is 8. The van der Waals surface area contributed by atoms with Gasteiger partial charge in [-0.05, 0) is 68.0 Å². The molecule has 0 unspecified atom stereocenters. The van der Waals surface area contributed by atoms with Gasteiger partial charge >= 0.3 is 0 Å². The highest BCUT2D eigenvalue weighted by atomic mass is 19.2. The first-order chi connectivity index (χ1) is 16.0. The zero-order valence-corrected chi connectivity index (χ0v) is 18.8. The minimum atomic E-state index is -0.905. The molecule has 1 N–H and O–H groups in total. The quantitative estimate of drug-likeness (QED) is 0.382. The molecule has 0 spiro atoms. The average Bonchev–Trinajstić information content (AvgIpc) is 2.83. The highest BCUT2D eigenvalue weighted by Crippen LogP contribution is 2.36. The van der Waals surface area contributed by atoms with Gasteiger partial charge in [-0.25, -0.2) is 18.7 Å². The zero-order valence-electron chi connectivity index (χ0n) is 18.8. The lowest BCUT2D eigenvalue weighted by molar-refractivity contribution is 0.284. The van der Waals surface area contributed by atoms with Gasteiger partial charge < -0.3 is 15.0 Å². The number of halogens is 2. The predicted molar refractivity (Wildman–Crippen MR) is 126 cm³/mol. The maximum Gasteiger partial charge on any atom is 0.163 e. The van der Waals surface area contributed by atoms with Crippen LogP contribution in [0.4, 0.5) is 14.6 Å². The number of nitrogens with zero attached hydrogens (tertiary/aromatic N) is 4. The van der Waals surface area contributed by atoms with Crippen LogP contribution in [0.5, 0.6) is 5.75 Å². The van der Waals surface area contributed by atoms with Crippen LogP contribution in [-0.4, -0.2) is 54.1 Å². The van der Waals surface area contributed by atoms with Crippen LogP contribution < -0.4 is 10.1 Å². The number of hydrogen-bond donors (Lipinski definition) is 1. The van der Waals surface area contributed by atoms with Crippen molar-refractivity contribution >= 4 is 16.7 Å². The van der Waals surface area contributed by atoms with E-state index in [2.05, 4.69) is 20.2 Å². The van der Waals surface area contributed by atoms with Crippen LogP contribution >= 0.6 is 0 Å². The van der Waals surface area contributed by atoms with Gasteiger partial charge in [0.2, 0.25) is 0 Å². The lowest BCUT2D eigenvalue weighted by atomic mass is 10.0. The molecule has 0 saturated carbocycles. The molecule has 4 rings (SSSR count). The van der Waals surface area contributed by atoms with E-state index in [4.69, 9.17) is 9.72 Å². The summed E-state index contributed by atoms with van der Waals surface area (Å²) < 4.78 is 33.6. The Labute approximate surface area is 191 Å². The predicted octanol–water partition coefficient (Wildman–Crippen LogP) is 5.01. The molecule has 6 nitrogen and oxygen atoms in total. The molecule has 0 radical (unpaired) electrons. The van der Waals surface area contributed by atoms with Crippen molar-refractivity contribution in [1.29, 1.82) is 0 Å². The number of benzene rings is 2. The molecule has 0 saturated heterocycles. The number of anilines is 1. The normalized spacial score (nSPS) is 11.2. The fourth-order valence-electron chi connectivity index (χ4n) is 3.53. The van der Waals surface area contributed by atoms with Crippen LogP contribution in [0, 0.1) is 11.6 Å². The topological polar surface area (TPSA) is 63.2 Å². The molecular formula is C25H25F2N5O. The molecule has 2 aromatic heterocycles. The average molecular weight is 450 g/mol. The van der Waals surface area contributed by atoms with Crippen LogP contribution in [0.15, 0.2) is 54.9 Å². The fourth-order valence-corrected chi connectivity index (χ4v) is 3.53. The SMILES string of the molecule is CNc1nc(-c2cccnc2)nc2c(OCCCN(C)C)cc(-c3ccc(F)c(F)c3)cc12. The Balaban J connectivity index is 1.86. The van der Waals surface area contributed by atoms with Crippen molar-refractivity contribution in [3.05, 3.63) is 66.5 Å². The molecule has 8 heteroatoms. The second kappa shape index (κ2) is 9.87. The Bertz CT molecular complexity index is 1260. The Hall–Kier alpha value is -3.65. The van der Waals surface area contributed by atoms with Crippen LogP contribution in [-0.2, 0) is 0 Å². The van der Waals surface area contributed by atoms with Gasteiger partial charge in [0, 0.05) is 36.9 Å². The Morgan fingerprint density at radius 1 is 0.970 bits per heavy atom. The van der Waals surface area contributed by atoms with Gasteiger partial charge in [-0.2, -0.15) is 0 Å². The first kappa shape index (κ1) is 22.5. The molecule has 0 fully saturated rings. The summed E-state index contributed by atoms with van der Waals surface area (Å²) in [5, 5.41) is 3.84. The first-order valence-corrected chi connectivity index (χ1v) is 10.6. The van der Waals surface area contributed by atoms with Crippen molar-refractivity contribution in [2.24, 2.45) is 0 Å². The lowest BCUT2D eigenvalue weighted by Crippen LogP contribution is -2.15. The van der Waals surface area contributed by atoms with Gasteiger partial charge in [-0.3, -0.25) is 4.98 Å². The highest BCUT2D eigenvalue weighted by molar-refractivity contribution is 5.97. The van der Waals surface area contributed by atoms with Gasteiger partial charge in [0.05, 0.1) is 6.61 Å². The van der Waals surface area contributed by atoms with Crippen LogP contribution in [0.2, 0.25) is 0 Å². The fraction of sp³-hybridized carbons (Fsp3) is 0.240. The maximum absolute atomic E-state index is 13.9. The Morgan fingerprint density at radius 3 is 2.52 bits per heavy atom. The second-order valence-electron chi connectivity index (χ2n) is 7.89. The smallest absolute Gasteiger partial charge is 0.163 e. The minimum Gasteiger partial charge on any atom is -0.491 e. The molecule has 170 valence electrons. The molecule has 0 atom stereocenters. The molecule has 0 aliphatic carbocycles. The standard InChI is InChI=1S/C25H25F2N5O/c1-28-25-19-12-18(16-7-8-20(26)21(27)13-16)14-22(33-11-5-10-32(2)3)23(19)30-24(31-25)17-6-4-9-29-15-17/h4,6-9,12-15H,5,10-11H2,1-3H3,(H,28,30,31). The summed E-state index contributed by atoms with van der Waals surface area (Å²) in [6, 6.07) is 11.2. The van der Waals surface area contributed by atoms with Gasteiger partial charge in [-0.1, -0.05) is 6.07 Å². The number of ether oxygens (including phenoxy) is 1. The maximum atomic E-state index is 13.9. The van der Waals surface area contributed by atoms with Crippen molar-refractivity contribution in [2.45, 2.75) is 6.42 Å². The summed E-state index contributed by atoms with van der Waals surface area (Å²) in [6.45, 7) is 1.36. The molecule has 2 heterocycles. The van der Waals surface area contributed by atoms with Gasteiger partial charge in [0.15, 0.2) is 17.5 Å². The summed E-state index contributed by atoms with van der Waals surface area (Å²) in [6.07, 6.45) is 4.22. The molecule has 2 aromatic carbocycles. The van der Waals surface area contributed by atoms with Crippen molar-refractivity contribution in [3.8, 4) is 28.3 Å². The van der Waals surface area contributed by atoms with E-state index in [1.807, 2.05) is 38.4 Å². The largest absolute Gasteiger partial charge is 0.491 e. The van der Waals surface area contributed by atoms with Crippen LogP contribution in [0.3, 0.4) is 0 Å². The van der Waals surface area contributed by atoms with Crippen molar-refractivity contribution in [1.82, 2.24) is 19.9 Å². The second-order valence-corrected chi connectivity index (χ2v) is 7.89. The minimum absolute atomic E-state index is 0.482. The van der Waals surface area contributed by atoms with Crippen molar-refractivity contribution < 1.29 is 13.5 Å². The van der Waals surface area contributed by atoms with Crippen LogP contribution in [0.1, 0.15) is 6.42 Å². The number of hydrogen-bond acceptors (Lipinski definition) is 6. The van der Waals surface area contributed by atoms with E-state index in [0.717, 1.165) is 30.0 Å². The zero-order chi connectivity index (χ0) is 23.4. The summed E-state index contributed by atoms with van der Waals surface area (Å²) in [5.74, 6) is -0.131. The van der Waals surface area contributed by atoms with E-state index >= 15 is 0 Å². The van der Waals surface area contributed by atoms with E-state index in [0.29, 0.717) is 40.6 Å². The monoisotopic (exact) mass is 449 g/mol. The summed E-state index contributed by atoms with van der Waals surface area (Å²) in [5.41, 5.74) is 2.62. The van der Waals surface area contributed by atoms with E-state index in [1.165, 1.54) is 6.07 Å². The molecule has 33 heavy (non-hydrogen) atoms. The van der Waals surface area contributed by atoms with Crippen molar-refractivity contribution in [3.63, 3.8) is 0 Å². The Morgan fingerprint density at radius 2 is 1.82 bits per heavy atom. The number of aromatic nitrogens is 3. The van der Waals surface area contributed by atoms with E-state index in [1.54, 1.807) is 25.5 Å². The third-order valence-corrected chi connectivity index (χ3v) is 5.18. The number of pyridine rings is 1. The molecule has 0 bridgehead atoms. The van der Waals surface area contributed by atoms with Crippen LogP contribution in [0.25, 0.3) is 33.4 Å². The summed E-state index contributed by atoms with van der Waals surface area (Å²) in [7, 11) is 5.79. The van der Waals surface area contributed by atoms with E-state index < -0.39 is 11.6 Å². The molecule has 0 amide bonds. The third-order valence-electron chi connectivity index (χ3n) is 5.18. The molecule has 0 aliphatic rings. The summed E-state index contributed by atoms with van der Waals surface area (Å²) in [4.78, 5) is 15.7. The number of fused-ring (bicyclic) bond motifs is 1. The van der Waals surface area contributed by atoms with Gasteiger partial charge in [-0.15, -0.1) is 0 Å². The van der Waals surface area contributed by atoms with Gasteiger partial charge in [0.1, 0.15) is 17.1 Å². The van der Waals surface area contributed by atoms with Crippen molar-refractivity contribution in [2.75, 3.05) is 39.6 Å². The number of nitrogens with one attached hydrogen (secondary N) is 1. The molecule has 4 aromatic rings. The summed E-state index contributed by atoms with van der Waals surface area (Å²) >= 11 is 0. The first-order valence-electron chi connectivity index (χ1n) is 10.6. The van der Waals surface area contributed by atoms with E-state index in [9.17, 15) is 8.78 Å². The molecular weight excluding hydrogens is 424 g/mol. The van der Waals surface area contributed by atoms with Gasteiger partial charge in [0.25, 0.3) is 0 Å². The third kappa shape index (κ3) is 5.06. The van der Waals surface area contributed by atoms with E-state index in [-0.39, 0.29) is 0 Å². The lowest BCUT2D eigenvalue weighted by Gasteiger charge is -2.16.